The quantitative estimate of drug-likeness (QED) is 0.755. The van der Waals surface area contributed by atoms with Crippen LogP contribution >= 0.6 is 11.8 Å². The van der Waals surface area contributed by atoms with Crippen LogP contribution in [-0.4, -0.2) is 58.9 Å². The second kappa shape index (κ2) is 9.29. The molecule has 1 fully saturated rings. The summed E-state index contributed by atoms with van der Waals surface area (Å²) in [6, 6.07) is 10.2. The number of pyridine rings is 1. The van der Waals surface area contributed by atoms with Gasteiger partial charge in [-0.2, -0.15) is 13.2 Å². The van der Waals surface area contributed by atoms with Crippen molar-refractivity contribution in [2.45, 2.75) is 17.6 Å². The molecule has 2 amide bonds. The van der Waals surface area contributed by atoms with Crippen molar-refractivity contribution < 1.29 is 18.0 Å². The molecule has 28 heavy (non-hydrogen) atoms. The molecule has 1 saturated heterocycles. The molecule has 0 spiro atoms. The summed E-state index contributed by atoms with van der Waals surface area (Å²) in [5, 5.41) is 2.75. The molecule has 1 aliphatic rings. The smallest absolute Gasteiger partial charge is 0.322 e. The largest absolute Gasteiger partial charge is 0.398 e. The van der Waals surface area contributed by atoms with Gasteiger partial charge in [0.25, 0.3) is 0 Å². The molecule has 1 aromatic heterocycles. The van der Waals surface area contributed by atoms with Crippen molar-refractivity contribution in [3.63, 3.8) is 0 Å². The zero-order chi connectivity index (χ0) is 20.0. The molecule has 0 atom stereocenters. The fraction of sp³-hybridized carbons (Fsp3) is 0.368. The number of anilines is 1. The molecule has 1 aromatic carbocycles. The third-order valence-electron chi connectivity index (χ3n) is 4.34. The van der Waals surface area contributed by atoms with Crippen LogP contribution in [0.15, 0.2) is 53.7 Å². The Morgan fingerprint density at radius 2 is 1.75 bits per heavy atom. The Hall–Kier alpha value is -2.26. The number of nitrogens with zero attached hydrogens (tertiary/aromatic N) is 3. The Kier molecular flexibility index (Phi) is 6.79. The number of piperazine rings is 1. The van der Waals surface area contributed by atoms with Crippen molar-refractivity contribution in [1.82, 2.24) is 14.8 Å². The van der Waals surface area contributed by atoms with Crippen LogP contribution in [0.1, 0.15) is 5.56 Å². The van der Waals surface area contributed by atoms with Crippen molar-refractivity contribution in [1.29, 1.82) is 0 Å². The van der Waals surface area contributed by atoms with E-state index in [1.165, 1.54) is 5.56 Å². The van der Waals surface area contributed by atoms with Gasteiger partial charge in [-0.1, -0.05) is 12.1 Å². The predicted octanol–water partition coefficient (Wildman–Crippen LogP) is 4.09. The monoisotopic (exact) mass is 410 g/mol. The first-order chi connectivity index (χ1) is 13.4. The number of thioether (sulfide) groups is 1. The second-order valence-electron chi connectivity index (χ2n) is 6.45. The summed E-state index contributed by atoms with van der Waals surface area (Å²) in [6.45, 7) is 3.40. The maximum absolute atomic E-state index is 12.5. The van der Waals surface area contributed by atoms with Crippen LogP contribution in [0.5, 0.6) is 0 Å². The van der Waals surface area contributed by atoms with Crippen molar-refractivity contribution in [3.8, 4) is 0 Å². The summed E-state index contributed by atoms with van der Waals surface area (Å²) >= 11 is 0.673. The second-order valence-corrected chi connectivity index (χ2v) is 7.47. The number of hydrogen-bond acceptors (Lipinski definition) is 4. The van der Waals surface area contributed by atoms with Gasteiger partial charge in [-0.15, -0.1) is 11.8 Å². The minimum atomic E-state index is -4.26. The van der Waals surface area contributed by atoms with Crippen molar-refractivity contribution in [3.05, 3.63) is 54.4 Å². The fourth-order valence-corrected chi connectivity index (χ4v) is 3.67. The van der Waals surface area contributed by atoms with Gasteiger partial charge < -0.3 is 10.2 Å². The summed E-state index contributed by atoms with van der Waals surface area (Å²) < 4.78 is 37.5. The highest BCUT2D eigenvalue weighted by atomic mass is 32.2. The van der Waals surface area contributed by atoms with Crippen LogP contribution in [0, 0.1) is 0 Å². The first-order valence-corrected chi connectivity index (χ1v) is 9.85. The van der Waals surface area contributed by atoms with Gasteiger partial charge in [-0.25, -0.2) is 4.79 Å². The highest BCUT2D eigenvalue weighted by Crippen LogP contribution is 2.32. The maximum Gasteiger partial charge on any atom is 0.398 e. The molecule has 2 aromatic rings. The van der Waals surface area contributed by atoms with E-state index >= 15 is 0 Å². The average molecular weight is 410 g/mol. The molecule has 0 unspecified atom stereocenters. The van der Waals surface area contributed by atoms with Gasteiger partial charge in [0.15, 0.2) is 0 Å². The lowest BCUT2D eigenvalue weighted by molar-refractivity contribution is -0.105. The number of benzene rings is 1. The van der Waals surface area contributed by atoms with Gasteiger partial charge in [0, 0.05) is 50.0 Å². The Morgan fingerprint density at radius 3 is 2.43 bits per heavy atom. The standard InChI is InChI=1S/C19H21F3N4OS/c20-19(21,22)14-28-17-4-2-1-3-16(17)24-18(27)26-11-9-25(10-12-26)13-15-5-7-23-8-6-15/h1-8H,9-14H2,(H,24,27). The molecule has 0 bridgehead atoms. The molecule has 0 saturated carbocycles. The van der Waals surface area contributed by atoms with E-state index in [0.29, 0.717) is 35.4 Å². The lowest BCUT2D eigenvalue weighted by Gasteiger charge is -2.34. The molecule has 9 heteroatoms. The number of rotatable bonds is 5. The number of aromatic nitrogens is 1. The van der Waals surface area contributed by atoms with Crippen LogP contribution in [0.3, 0.4) is 0 Å². The van der Waals surface area contributed by atoms with E-state index in [4.69, 9.17) is 0 Å². The van der Waals surface area contributed by atoms with Gasteiger partial charge in [0.1, 0.15) is 0 Å². The van der Waals surface area contributed by atoms with Crippen molar-refractivity contribution in [2.75, 3.05) is 37.2 Å². The number of amides is 2. The van der Waals surface area contributed by atoms with E-state index in [2.05, 4.69) is 15.2 Å². The Morgan fingerprint density at radius 1 is 1.07 bits per heavy atom. The number of halogens is 3. The molecule has 2 heterocycles. The number of hydrogen-bond donors (Lipinski definition) is 1. The molecular weight excluding hydrogens is 389 g/mol. The number of alkyl halides is 3. The lowest BCUT2D eigenvalue weighted by atomic mass is 10.2. The van der Waals surface area contributed by atoms with Gasteiger partial charge in [0.05, 0.1) is 11.4 Å². The number of urea groups is 1. The number of para-hydroxylation sites is 1. The van der Waals surface area contributed by atoms with E-state index in [-0.39, 0.29) is 6.03 Å². The van der Waals surface area contributed by atoms with E-state index in [0.717, 1.165) is 19.6 Å². The molecule has 3 rings (SSSR count). The third kappa shape index (κ3) is 6.13. The van der Waals surface area contributed by atoms with E-state index < -0.39 is 11.9 Å². The molecule has 1 aliphatic heterocycles. The first-order valence-electron chi connectivity index (χ1n) is 8.86. The molecule has 1 N–H and O–H groups in total. The Bertz CT molecular complexity index is 780. The van der Waals surface area contributed by atoms with Gasteiger partial charge in [0.2, 0.25) is 0 Å². The molecule has 150 valence electrons. The minimum Gasteiger partial charge on any atom is -0.322 e. The topological polar surface area (TPSA) is 48.5 Å². The fourth-order valence-electron chi connectivity index (χ4n) is 2.91. The van der Waals surface area contributed by atoms with Gasteiger partial charge in [-0.05, 0) is 29.8 Å². The van der Waals surface area contributed by atoms with Crippen LogP contribution in [-0.2, 0) is 6.54 Å². The number of carbonyl (C=O) groups is 1. The zero-order valence-electron chi connectivity index (χ0n) is 15.2. The van der Waals surface area contributed by atoms with E-state index in [1.807, 2.05) is 12.1 Å². The minimum absolute atomic E-state index is 0.288. The summed E-state index contributed by atoms with van der Waals surface area (Å²) in [4.78, 5) is 20.9. The average Bonchev–Trinajstić information content (AvgIpc) is 2.68. The molecule has 0 radical (unpaired) electrons. The Labute approximate surface area is 165 Å². The summed E-state index contributed by atoms with van der Waals surface area (Å²) in [5.74, 6) is -0.992. The van der Waals surface area contributed by atoms with Gasteiger partial charge >= 0.3 is 12.2 Å². The van der Waals surface area contributed by atoms with Gasteiger partial charge in [-0.3, -0.25) is 9.88 Å². The van der Waals surface area contributed by atoms with Crippen molar-refractivity contribution in [2.24, 2.45) is 0 Å². The molecule has 5 nitrogen and oxygen atoms in total. The molecular formula is C19H21F3N4OS. The summed E-state index contributed by atoms with van der Waals surface area (Å²) in [5.41, 5.74) is 1.57. The maximum atomic E-state index is 12.5. The van der Waals surface area contributed by atoms with E-state index in [9.17, 15) is 18.0 Å². The van der Waals surface area contributed by atoms with E-state index in [1.54, 1.807) is 41.6 Å². The zero-order valence-corrected chi connectivity index (χ0v) is 16.0. The molecule has 0 aliphatic carbocycles. The van der Waals surface area contributed by atoms with Crippen molar-refractivity contribution >= 4 is 23.5 Å². The van der Waals surface area contributed by atoms with Crippen LogP contribution in [0.25, 0.3) is 0 Å². The normalized spacial score (nSPS) is 15.5. The highest BCUT2D eigenvalue weighted by molar-refractivity contribution is 7.99. The highest BCUT2D eigenvalue weighted by Gasteiger charge is 2.28. The van der Waals surface area contributed by atoms with Crippen LogP contribution in [0.4, 0.5) is 23.7 Å². The third-order valence-corrected chi connectivity index (χ3v) is 5.47. The first kappa shape index (κ1) is 20.5. The summed E-state index contributed by atoms with van der Waals surface area (Å²) in [7, 11) is 0. The SMILES string of the molecule is O=C(Nc1ccccc1SCC(F)(F)F)N1CCN(Cc2ccncc2)CC1. The number of nitrogens with one attached hydrogen (secondary N) is 1. The lowest BCUT2D eigenvalue weighted by Crippen LogP contribution is -2.49. The number of carbonyl (C=O) groups excluding carboxylic acids is 1. The van der Waals surface area contributed by atoms with Crippen LogP contribution in [0.2, 0.25) is 0 Å². The Balaban J connectivity index is 1.52. The van der Waals surface area contributed by atoms with Crippen LogP contribution < -0.4 is 5.32 Å². The predicted molar refractivity (Wildman–Crippen MR) is 103 cm³/mol. The summed E-state index contributed by atoms with van der Waals surface area (Å²) in [6.07, 6.45) is -0.743.